The molecule has 0 spiro atoms. The minimum Gasteiger partial charge on any atom is -0.330 e. The Hall–Kier alpha value is -0.120. The Balaban J connectivity index is 2.57. The Labute approximate surface area is 101 Å². The standard InChI is InChI=1S/C13H29N3/c1-5-13(3,10-14)11-16-8-6-7-15(4)9-12(16)2/h12H,5-11,14H2,1-4H3. The number of rotatable bonds is 4. The molecule has 2 N–H and O–H groups in total. The highest BCUT2D eigenvalue weighted by Gasteiger charge is 2.27. The lowest BCUT2D eigenvalue weighted by Gasteiger charge is -2.36. The van der Waals surface area contributed by atoms with Gasteiger partial charge in [-0.1, -0.05) is 13.8 Å². The van der Waals surface area contributed by atoms with E-state index in [4.69, 9.17) is 5.73 Å². The van der Waals surface area contributed by atoms with Crippen molar-refractivity contribution in [3.05, 3.63) is 0 Å². The van der Waals surface area contributed by atoms with Gasteiger partial charge in [-0.15, -0.1) is 0 Å². The van der Waals surface area contributed by atoms with Gasteiger partial charge in [0.05, 0.1) is 0 Å². The normalized spacial score (nSPS) is 28.7. The Kier molecular flexibility index (Phi) is 5.22. The number of nitrogens with zero attached hydrogens (tertiary/aromatic N) is 2. The van der Waals surface area contributed by atoms with E-state index in [2.05, 4.69) is 37.6 Å². The summed E-state index contributed by atoms with van der Waals surface area (Å²) in [5, 5.41) is 0. The lowest BCUT2D eigenvalue weighted by atomic mass is 9.86. The first-order valence-electron chi connectivity index (χ1n) is 6.63. The molecule has 1 aliphatic rings. The third-order valence-corrected chi connectivity index (χ3v) is 4.12. The quantitative estimate of drug-likeness (QED) is 0.788. The SMILES string of the molecule is CCC(C)(CN)CN1CCCN(C)CC1C. The zero-order chi connectivity index (χ0) is 12.2. The minimum absolute atomic E-state index is 0.289. The highest BCUT2D eigenvalue weighted by Crippen LogP contribution is 2.23. The van der Waals surface area contributed by atoms with E-state index in [9.17, 15) is 0 Å². The van der Waals surface area contributed by atoms with E-state index in [0.717, 1.165) is 13.1 Å². The number of hydrogen-bond acceptors (Lipinski definition) is 3. The predicted octanol–water partition coefficient (Wildman–Crippen LogP) is 1.39. The highest BCUT2D eigenvalue weighted by molar-refractivity contribution is 4.83. The first kappa shape index (κ1) is 13.9. The van der Waals surface area contributed by atoms with E-state index in [1.807, 2.05) is 0 Å². The smallest absolute Gasteiger partial charge is 0.0195 e. The monoisotopic (exact) mass is 227 g/mol. The van der Waals surface area contributed by atoms with E-state index in [1.54, 1.807) is 0 Å². The summed E-state index contributed by atoms with van der Waals surface area (Å²) in [6.07, 6.45) is 2.45. The third-order valence-electron chi connectivity index (χ3n) is 4.12. The van der Waals surface area contributed by atoms with E-state index in [0.29, 0.717) is 6.04 Å². The van der Waals surface area contributed by atoms with Crippen LogP contribution in [0.15, 0.2) is 0 Å². The second kappa shape index (κ2) is 5.99. The number of nitrogens with two attached hydrogens (primary N) is 1. The van der Waals surface area contributed by atoms with E-state index < -0.39 is 0 Å². The minimum atomic E-state index is 0.289. The van der Waals surface area contributed by atoms with Crippen molar-refractivity contribution in [3.63, 3.8) is 0 Å². The Morgan fingerprint density at radius 1 is 1.38 bits per heavy atom. The predicted molar refractivity (Wildman–Crippen MR) is 70.6 cm³/mol. The molecule has 1 saturated heterocycles. The summed E-state index contributed by atoms with van der Waals surface area (Å²) in [6.45, 7) is 12.5. The van der Waals surface area contributed by atoms with Crippen molar-refractivity contribution < 1.29 is 0 Å². The van der Waals surface area contributed by atoms with Gasteiger partial charge in [0.25, 0.3) is 0 Å². The Morgan fingerprint density at radius 2 is 2.06 bits per heavy atom. The fraction of sp³-hybridized carbons (Fsp3) is 1.00. The maximum absolute atomic E-state index is 5.91. The molecule has 1 aliphatic heterocycles. The van der Waals surface area contributed by atoms with Crippen LogP contribution in [0.2, 0.25) is 0 Å². The molecule has 2 atom stereocenters. The van der Waals surface area contributed by atoms with Crippen LogP contribution in [0.4, 0.5) is 0 Å². The van der Waals surface area contributed by atoms with Gasteiger partial charge in [0.2, 0.25) is 0 Å². The second-order valence-corrected chi connectivity index (χ2v) is 5.80. The molecule has 0 aromatic carbocycles. The van der Waals surface area contributed by atoms with Crippen LogP contribution in [0, 0.1) is 5.41 Å². The van der Waals surface area contributed by atoms with Crippen LogP contribution in [0.5, 0.6) is 0 Å². The maximum Gasteiger partial charge on any atom is 0.0195 e. The van der Waals surface area contributed by atoms with Crippen molar-refractivity contribution >= 4 is 0 Å². The van der Waals surface area contributed by atoms with Crippen LogP contribution in [0.3, 0.4) is 0 Å². The van der Waals surface area contributed by atoms with Gasteiger partial charge in [0.1, 0.15) is 0 Å². The van der Waals surface area contributed by atoms with Gasteiger partial charge in [-0.25, -0.2) is 0 Å². The molecule has 0 radical (unpaired) electrons. The van der Waals surface area contributed by atoms with Crippen molar-refractivity contribution in [1.82, 2.24) is 9.80 Å². The topological polar surface area (TPSA) is 32.5 Å². The molecule has 3 nitrogen and oxygen atoms in total. The van der Waals surface area contributed by atoms with Crippen molar-refractivity contribution in [3.8, 4) is 0 Å². The summed E-state index contributed by atoms with van der Waals surface area (Å²) in [6, 6.07) is 0.657. The van der Waals surface area contributed by atoms with Crippen molar-refractivity contribution in [2.24, 2.45) is 11.1 Å². The molecular weight excluding hydrogens is 198 g/mol. The third kappa shape index (κ3) is 3.72. The van der Waals surface area contributed by atoms with Crippen LogP contribution in [0.25, 0.3) is 0 Å². The lowest BCUT2D eigenvalue weighted by Crippen LogP contribution is -2.46. The van der Waals surface area contributed by atoms with Crippen LogP contribution in [0.1, 0.15) is 33.6 Å². The Morgan fingerprint density at radius 3 is 2.62 bits per heavy atom. The molecule has 3 heteroatoms. The zero-order valence-corrected chi connectivity index (χ0v) is 11.5. The fourth-order valence-electron chi connectivity index (χ4n) is 2.47. The molecule has 1 rings (SSSR count). The van der Waals surface area contributed by atoms with Crippen LogP contribution < -0.4 is 5.73 Å². The average Bonchev–Trinajstić information content (AvgIpc) is 2.41. The van der Waals surface area contributed by atoms with Gasteiger partial charge in [0, 0.05) is 19.1 Å². The van der Waals surface area contributed by atoms with Gasteiger partial charge in [-0.2, -0.15) is 0 Å². The lowest BCUT2D eigenvalue weighted by molar-refractivity contribution is 0.127. The molecule has 0 saturated carbocycles. The van der Waals surface area contributed by atoms with Gasteiger partial charge in [0.15, 0.2) is 0 Å². The molecule has 0 aromatic rings. The first-order chi connectivity index (χ1) is 7.50. The number of hydrogen-bond donors (Lipinski definition) is 1. The molecule has 0 amide bonds. The van der Waals surface area contributed by atoms with Crippen molar-refractivity contribution in [2.45, 2.75) is 39.7 Å². The average molecular weight is 227 g/mol. The fourth-order valence-corrected chi connectivity index (χ4v) is 2.47. The van der Waals surface area contributed by atoms with Gasteiger partial charge in [-0.3, -0.25) is 4.90 Å². The molecule has 1 fully saturated rings. The summed E-state index contributed by atoms with van der Waals surface area (Å²) in [5.74, 6) is 0. The van der Waals surface area contributed by atoms with E-state index >= 15 is 0 Å². The highest BCUT2D eigenvalue weighted by atomic mass is 15.2. The van der Waals surface area contributed by atoms with Crippen molar-refractivity contribution in [2.75, 3.05) is 39.8 Å². The van der Waals surface area contributed by atoms with E-state index in [-0.39, 0.29) is 5.41 Å². The van der Waals surface area contributed by atoms with Gasteiger partial charge in [-0.05, 0) is 51.9 Å². The molecule has 0 bridgehead atoms. The van der Waals surface area contributed by atoms with E-state index in [1.165, 1.54) is 32.5 Å². The van der Waals surface area contributed by atoms with Gasteiger partial charge >= 0.3 is 0 Å². The molecule has 96 valence electrons. The van der Waals surface area contributed by atoms with Crippen molar-refractivity contribution in [1.29, 1.82) is 0 Å². The zero-order valence-electron chi connectivity index (χ0n) is 11.5. The van der Waals surface area contributed by atoms with Crippen LogP contribution in [-0.4, -0.2) is 55.6 Å². The second-order valence-electron chi connectivity index (χ2n) is 5.80. The Bertz CT molecular complexity index is 201. The van der Waals surface area contributed by atoms with Gasteiger partial charge < -0.3 is 10.6 Å². The molecule has 1 heterocycles. The molecule has 0 aliphatic carbocycles. The molecule has 16 heavy (non-hydrogen) atoms. The summed E-state index contributed by atoms with van der Waals surface area (Å²) in [4.78, 5) is 5.07. The van der Waals surface area contributed by atoms with Crippen LogP contribution in [-0.2, 0) is 0 Å². The molecule has 0 aromatic heterocycles. The summed E-state index contributed by atoms with van der Waals surface area (Å²) < 4.78 is 0. The summed E-state index contributed by atoms with van der Waals surface area (Å²) >= 11 is 0. The molecular formula is C13H29N3. The summed E-state index contributed by atoms with van der Waals surface area (Å²) in [5.41, 5.74) is 6.20. The number of likely N-dealkylation sites (N-methyl/N-ethyl adjacent to an activating group) is 1. The largest absolute Gasteiger partial charge is 0.330 e. The van der Waals surface area contributed by atoms with Crippen LogP contribution >= 0.6 is 0 Å². The first-order valence-corrected chi connectivity index (χ1v) is 6.63. The molecule has 2 unspecified atom stereocenters. The summed E-state index contributed by atoms with van der Waals surface area (Å²) in [7, 11) is 2.22. The maximum atomic E-state index is 5.91.